The molecule has 0 bridgehead atoms. The van der Waals surface area contributed by atoms with Crippen molar-refractivity contribution >= 4 is 17.5 Å². The number of imidazole rings is 1. The molecule has 1 aromatic heterocycles. The van der Waals surface area contributed by atoms with E-state index in [4.69, 9.17) is 5.73 Å². The number of benzene rings is 1. The molecule has 0 spiro atoms. The van der Waals surface area contributed by atoms with E-state index in [0.29, 0.717) is 23.4 Å². The summed E-state index contributed by atoms with van der Waals surface area (Å²) in [5, 5.41) is 0. The maximum Gasteiger partial charge on any atom is 0.261 e. The normalized spacial score (nSPS) is 15.6. The molecule has 2 aromatic rings. The van der Waals surface area contributed by atoms with Crippen LogP contribution in [0.5, 0.6) is 0 Å². The third-order valence-electron chi connectivity index (χ3n) is 3.42. The van der Waals surface area contributed by atoms with Crippen LogP contribution in [-0.4, -0.2) is 32.3 Å². The van der Waals surface area contributed by atoms with E-state index in [0.717, 1.165) is 0 Å². The fraction of sp³-hybridized carbons (Fsp3) is 0.214. The van der Waals surface area contributed by atoms with Crippen LogP contribution in [0.3, 0.4) is 0 Å². The summed E-state index contributed by atoms with van der Waals surface area (Å²) >= 11 is 0. The lowest BCUT2D eigenvalue weighted by atomic mass is 10.1. The van der Waals surface area contributed by atoms with Crippen molar-refractivity contribution in [3.63, 3.8) is 0 Å². The molecule has 20 heavy (non-hydrogen) atoms. The molecule has 3 rings (SSSR count). The van der Waals surface area contributed by atoms with Crippen LogP contribution in [0.4, 0.5) is 5.69 Å². The lowest BCUT2D eigenvalue weighted by Crippen LogP contribution is -2.40. The molecule has 0 fully saturated rings. The summed E-state index contributed by atoms with van der Waals surface area (Å²) in [6, 6.07) is 4.54. The van der Waals surface area contributed by atoms with Gasteiger partial charge in [-0.1, -0.05) is 0 Å². The molecule has 2 heterocycles. The number of hydrogen-bond donors (Lipinski definition) is 1. The molecule has 0 saturated heterocycles. The fourth-order valence-corrected chi connectivity index (χ4v) is 2.46. The zero-order valence-corrected chi connectivity index (χ0v) is 11.0. The molecular formula is C14H14N4O2. The van der Waals surface area contributed by atoms with Crippen molar-refractivity contribution in [3.05, 3.63) is 48.0 Å². The summed E-state index contributed by atoms with van der Waals surface area (Å²) in [5.74, 6) is -0.553. The summed E-state index contributed by atoms with van der Waals surface area (Å²) < 4.78 is 1.84. The third kappa shape index (κ3) is 1.85. The Morgan fingerprint density at radius 1 is 1.25 bits per heavy atom. The molecular weight excluding hydrogens is 256 g/mol. The monoisotopic (exact) mass is 270 g/mol. The van der Waals surface area contributed by atoms with Gasteiger partial charge < -0.3 is 10.3 Å². The van der Waals surface area contributed by atoms with Crippen molar-refractivity contribution in [2.45, 2.75) is 19.5 Å². The Kier molecular flexibility index (Phi) is 2.78. The first-order valence-electron chi connectivity index (χ1n) is 6.31. The number of aromatic nitrogens is 2. The molecule has 1 aromatic carbocycles. The van der Waals surface area contributed by atoms with Crippen LogP contribution in [0.25, 0.3) is 0 Å². The van der Waals surface area contributed by atoms with Crippen LogP contribution >= 0.6 is 0 Å². The Labute approximate surface area is 115 Å². The number of nitrogens with two attached hydrogens (primary N) is 1. The molecule has 1 unspecified atom stereocenters. The number of anilines is 1. The van der Waals surface area contributed by atoms with E-state index < -0.39 is 0 Å². The van der Waals surface area contributed by atoms with Gasteiger partial charge in [0.1, 0.15) is 0 Å². The quantitative estimate of drug-likeness (QED) is 0.670. The SMILES string of the molecule is CC(Cn1ccnc1)N1C(=O)c2ccc(N)cc2C1=O. The van der Waals surface area contributed by atoms with Crippen molar-refractivity contribution in [1.82, 2.24) is 14.5 Å². The first-order chi connectivity index (χ1) is 9.58. The number of imide groups is 1. The van der Waals surface area contributed by atoms with Gasteiger partial charge in [0.2, 0.25) is 0 Å². The smallest absolute Gasteiger partial charge is 0.261 e. The molecule has 1 aliphatic rings. The standard InChI is InChI=1S/C14H14N4O2/c1-9(7-17-5-4-16-8-17)18-13(19)11-3-2-10(15)6-12(11)14(18)20/h2-6,8-9H,7,15H2,1H3. The van der Waals surface area contributed by atoms with Gasteiger partial charge >= 0.3 is 0 Å². The lowest BCUT2D eigenvalue weighted by Gasteiger charge is -2.22. The Bertz CT molecular complexity index is 678. The zero-order valence-electron chi connectivity index (χ0n) is 11.0. The first-order valence-corrected chi connectivity index (χ1v) is 6.31. The second kappa shape index (κ2) is 4.48. The largest absolute Gasteiger partial charge is 0.399 e. The highest BCUT2D eigenvalue weighted by atomic mass is 16.2. The molecule has 2 N–H and O–H groups in total. The van der Waals surface area contributed by atoms with Crippen molar-refractivity contribution in [2.24, 2.45) is 0 Å². The average molecular weight is 270 g/mol. The number of carbonyl (C=O) groups is 2. The third-order valence-corrected chi connectivity index (χ3v) is 3.42. The summed E-state index contributed by atoms with van der Waals surface area (Å²) in [6.07, 6.45) is 5.12. The Hall–Kier alpha value is -2.63. The molecule has 0 saturated carbocycles. The van der Waals surface area contributed by atoms with Crippen molar-refractivity contribution < 1.29 is 9.59 Å². The Morgan fingerprint density at radius 3 is 2.70 bits per heavy atom. The zero-order chi connectivity index (χ0) is 14.3. The number of hydrogen-bond acceptors (Lipinski definition) is 4. The van der Waals surface area contributed by atoms with Gasteiger partial charge in [-0.25, -0.2) is 4.98 Å². The number of amides is 2. The lowest BCUT2D eigenvalue weighted by molar-refractivity contribution is 0.0583. The van der Waals surface area contributed by atoms with Crippen molar-refractivity contribution in [1.29, 1.82) is 0 Å². The Balaban J connectivity index is 1.89. The molecule has 6 heteroatoms. The number of rotatable bonds is 3. The molecule has 6 nitrogen and oxygen atoms in total. The molecule has 0 aliphatic carbocycles. The molecule has 102 valence electrons. The van der Waals surface area contributed by atoms with E-state index in [1.807, 2.05) is 11.5 Å². The van der Waals surface area contributed by atoms with E-state index in [-0.39, 0.29) is 17.9 Å². The van der Waals surface area contributed by atoms with Crippen LogP contribution in [-0.2, 0) is 6.54 Å². The van der Waals surface area contributed by atoms with Crippen LogP contribution in [0, 0.1) is 0 Å². The summed E-state index contributed by atoms with van der Waals surface area (Å²) in [6.45, 7) is 2.35. The molecule has 1 aliphatic heterocycles. The molecule has 2 amide bonds. The second-order valence-electron chi connectivity index (χ2n) is 4.89. The average Bonchev–Trinajstić information content (AvgIpc) is 2.98. The van der Waals surface area contributed by atoms with Gasteiger partial charge in [0, 0.05) is 24.6 Å². The maximum atomic E-state index is 12.4. The summed E-state index contributed by atoms with van der Waals surface area (Å²) in [7, 11) is 0. The predicted octanol–water partition coefficient (Wildman–Crippen LogP) is 1.15. The van der Waals surface area contributed by atoms with E-state index in [9.17, 15) is 9.59 Å². The highest BCUT2D eigenvalue weighted by molar-refractivity contribution is 6.21. The Morgan fingerprint density at radius 2 is 2.00 bits per heavy atom. The number of fused-ring (bicyclic) bond motifs is 1. The van der Waals surface area contributed by atoms with Crippen LogP contribution in [0.15, 0.2) is 36.9 Å². The number of nitrogen functional groups attached to an aromatic ring is 1. The van der Waals surface area contributed by atoms with E-state index >= 15 is 0 Å². The number of nitrogens with zero attached hydrogens (tertiary/aromatic N) is 3. The van der Waals surface area contributed by atoms with Gasteiger partial charge in [0.15, 0.2) is 0 Å². The molecule has 0 radical (unpaired) electrons. The van der Waals surface area contributed by atoms with E-state index in [2.05, 4.69) is 4.98 Å². The van der Waals surface area contributed by atoms with Gasteiger partial charge in [-0.3, -0.25) is 14.5 Å². The highest BCUT2D eigenvalue weighted by Crippen LogP contribution is 2.26. The van der Waals surface area contributed by atoms with E-state index in [1.165, 1.54) is 4.90 Å². The van der Waals surface area contributed by atoms with Crippen LogP contribution < -0.4 is 5.73 Å². The minimum Gasteiger partial charge on any atom is -0.399 e. The molecule has 1 atom stereocenters. The fourth-order valence-electron chi connectivity index (χ4n) is 2.46. The minimum absolute atomic E-state index is 0.252. The number of carbonyl (C=O) groups excluding carboxylic acids is 2. The van der Waals surface area contributed by atoms with Crippen LogP contribution in [0.1, 0.15) is 27.6 Å². The van der Waals surface area contributed by atoms with Crippen molar-refractivity contribution in [3.8, 4) is 0 Å². The van der Waals surface area contributed by atoms with Gasteiger partial charge in [0.25, 0.3) is 11.8 Å². The van der Waals surface area contributed by atoms with Crippen LogP contribution in [0.2, 0.25) is 0 Å². The van der Waals surface area contributed by atoms with Crippen molar-refractivity contribution in [2.75, 3.05) is 5.73 Å². The van der Waals surface area contributed by atoms with Gasteiger partial charge in [0.05, 0.1) is 23.5 Å². The van der Waals surface area contributed by atoms with Gasteiger partial charge in [-0.05, 0) is 25.1 Å². The summed E-state index contributed by atoms with van der Waals surface area (Å²) in [4.78, 5) is 29.9. The first kappa shape index (κ1) is 12.4. The topological polar surface area (TPSA) is 81.2 Å². The minimum atomic E-state index is -0.287. The maximum absolute atomic E-state index is 12.4. The van der Waals surface area contributed by atoms with E-state index in [1.54, 1.807) is 36.9 Å². The van der Waals surface area contributed by atoms with Gasteiger partial charge in [-0.15, -0.1) is 0 Å². The predicted molar refractivity (Wildman–Crippen MR) is 73.0 cm³/mol. The second-order valence-corrected chi connectivity index (χ2v) is 4.89. The summed E-state index contributed by atoms with van der Waals surface area (Å²) in [5.41, 5.74) is 6.96. The van der Waals surface area contributed by atoms with Gasteiger partial charge in [-0.2, -0.15) is 0 Å². The highest BCUT2D eigenvalue weighted by Gasteiger charge is 2.38.